The number of rotatable bonds is 2. The Morgan fingerprint density at radius 2 is 2.25 bits per heavy atom. The lowest BCUT2D eigenvalue weighted by Gasteiger charge is -1.99. The molecule has 1 rings (SSSR count). The highest BCUT2D eigenvalue weighted by Gasteiger charge is 2.05. The van der Waals surface area contributed by atoms with Crippen LogP contribution in [0.1, 0.15) is 11.1 Å². The molecule has 1 aromatic carbocycles. The molecule has 0 aliphatic carbocycles. The summed E-state index contributed by atoms with van der Waals surface area (Å²) in [5.41, 5.74) is 1.57. The molecule has 0 radical (unpaired) electrons. The zero-order chi connectivity index (χ0) is 9.14. The zero-order valence-electron chi connectivity index (χ0n) is 6.58. The highest BCUT2D eigenvalue weighted by Crippen LogP contribution is 2.17. The van der Waals surface area contributed by atoms with Crippen molar-refractivity contribution in [1.29, 1.82) is 0 Å². The summed E-state index contributed by atoms with van der Waals surface area (Å²) in [4.78, 5) is 9.76. The molecule has 0 amide bonds. The maximum Gasteiger partial charge on any atom is 0.230 e. The second-order valence-electron chi connectivity index (χ2n) is 2.59. The van der Waals surface area contributed by atoms with E-state index in [9.17, 15) is 10.1 Å². The van der Waals surface area contributed by atoms with E-state index in [0.29, 0.717) is 10.6 Å². The lowest BCUT2D eigenvalue weighted by molar-refractivity contribution is -0.496. The van der Waals surface area contributed by atoms with E-state index in [4.69, 9.17) is 11.6 Å². The number of benzene rings is 1. The molecule has 4 heteroatoms. The minimum absolute atomic E-state index is 0.209. The Morgan fingerprint density at radius 1 is 1.58 bits per heavy atom. The minimum atomic E-state index is -0.392. The second kappa shape index (κ2) is 3.54. The van der Waals surface area contributed by atoms with Gasteiger partial charge in [-0.3, -0.25) is 10.1 Å². The molecule has 0 unspecified atom stereocenters. The van der Waals surface area contributed by atoms with E-state index >= 15 is 0 Å². The summed E-state index contributed by atoms with van der Waals surface area (Å²) in [5.74, 6) is 0. The molecule has 64 valence electrons. The first-order chi connectivity index (χ1) is 5.59. The molecule has 12 heavy (non-hydrogen) atoms. The molecule has 0 bridgehead atoms. The summed E-state index contributed by atoms with van der Waals surface area (Å²) in [6, 6.07) is 5.21. The molecule has 0 aromatic heterocycles. The van der Waals surface area contributed by atoms with Crippen LogP contribution in [0.3, 0.4) is 0 Å². The van der Waals surface area contributed by atoms with Gasteiger partial charge >= 0.3 is 0 Å². The lowest BCUT2D eigenvalue weighted by atomic mass is 10.1. The van der Waals surface area contributed by atoms with E-state index in [1.807, 2.05) is 13.0 Å². The summed E-state index contributed by atoms with van der Waals surface area (Å²) in [7, 11) is 0. The van der Waals surface area contributed by atoms with E-state index in [0.717, 1.165) is 5.56 Å². The molecule has 0 aliphatic rings. The number of hydrogen-bond donors (Lipinski definition) is 0. The molecule has 0 spiro atoms. The first-order valence-corrected chi connectivity index (χ1v) is 3.84. The topological polar surface area (TPSA) is 43.1 Å². The highest BCUT2D eigenvalue weighted by molar-refractivity contribution is 6.31. The van der Waals surface area contributed by atoms with Gasteiger partial charge < -0.3 is 0 Å². The molecule has 0 atom stereocenters. The van der Waals surface area contributed by atoms with E-state index < -0.39 is 4.92 Å². The van der Waals surface area contributed by atoms with Crippen molar-refractivity contribution in [1.82, 2.24) is 0 Å². The monoisotopic (exact) mass is 185 g/mol. The smallest absolute Gasteiger partial charge is 0.230 e. The van der Waals surface area contributed by atoms with Crippen LogP contribution in [-0.4, -0.2) is 4.92 Å². The van der Waals surface area contributed by atoms with Gasteiger partial charge in [0.2, 0.25) is 6.54 Å². The minimum Gasteiger partial charge on any atom is -0.264 e. The van der Waals surface area contributed by atoms with Crippen LogP contribution < -0.4 is 0 Å². The zero-order valence-corrected chi connectivity index (χ0v) is 7.34. The van der Waals surface area contributed by atoms with Gasteiger partial charge in [-0.15, -0.1) is 0 Å². The number of hydrogen-bond acceptors (Lipinski definition) is 2. The summed E-state index contributed by atoms with van der Waals surface area (Å²) in [6.07, 6.45) is 0. The maximum atomic E-state index is 10.2. The first-order valence-electron chi connectivity index (χ1n) is 3.46. The van der Waals surface area contributed by atoms with Crippen molar-refractivity contribution in [2.24, 2.45) is 0 Å². The van der Waals surface area contributed by atoms with Crippen molar-refractivity contribution in [2.45, 2.75) is 13.5 Å². The van der Waals surface area contributed by atoms with Gasteiger partial charge in [0.05, 0.1) is 5.02 Å². The van der Waals surface area contributed by atoms with Gasteiger partial charge in [-0.1, -0.05) is 23.7 Å². The Labute approximate surface area is 75.1 Å². The third-order valence-electron chi connectivity index (χ3n) is 1.51. The van der Waals surface area contributed by atoms with Crippen LogP contribution >= 0.6 is 11.6 Å². The van der Waals surface area contributed by atoms with Crippen LogP contribution in [-0.2, 0) is 6.54 Å². The Kier molecular flexibility index (Phi) is 2.65. The molecular weight excluding hydrogens is 178 g/mol. The third kappa shape index (κ3) is 2.20. The molecule has 0 aliphatic heterocycles. The lowest BCUT2D eigenvalue weighted by Crippen LogP contribution is -1.98. The van der Waals surface area contributed by atoms with Crippen LogP contribution in [0.5, 0.6) is 0 Å². The molecule has 0 saturated carbocycles. The van der Waals surface area contributed by atoms with Gasteiger partial charge in [0.15, 0.2) is 0 Å². The van der Waals surface area contributed by atoms with Crippen molar-refractivity contribution in [3.8, 4) is 0 Å². The molecule has 0 heterocycles. The molecule has 1 aromatic rings. The Hall–Kier alpha value is -1.09. The Balaban J connectivity index is 2.93. The third-order valence-corrected chi connectivity index (χ3v) is 1.86. The fourth-order valence-electron chi connectivity index (χ4n) is 0.920. The molecule has 0 saturated heterocycles. The standard InChI is InChI=1S/C8H8ClNO2/c1-6-2-3-7(5-10(11)12)8(9)4-6/h2-4H,5H2,1H3. The van der Waals surface area contributed by atoms with Gasteiger partial charge in [-0.05, 0) is 18.6 Å². The van der Waals surface area contributed by atoms with Gasteiger partial charge in [-0.2, -0.15) is 0 Å². The van der Waals surface area contributed by atoms with Gasteiger partial charge in [-0.25, -0.2) is 0 Å². The molecular formula is C8H8ClNO2. The summed E-state index contributed by atoms with van der Waals surface area (Å²) < 4.78 is 0. The van der Waals surface area contributed by atoms with Gasteiger partial charge in [0.25, 0.3) is 0 Å². The predicted molar refractivity (Wildman–Crippen MR) is 46.9 cm³/mol. The van der Waals surface area contributed by atoms with Crippen LogP contribution in [0, 0.1) is 17.0 Å². The Morgan fingerprint density at radius 3 is 2.75 bits per heavy atom. The molecule has 0 fully saturated rings. The number of aryl methyl sites for hydroxylation is 1. The second-order valence-corrected chi connectivity index (χ2v) is 2.99. The van der Waals surface area contributed by atoms with Gasteiger partial charge in [0, 0.05) is 10.5 Å². The number of nitrogens with zero attached hydrogens (tertiary/aromatic N) is 1. The summed E-state index contributed by atoms with van der Waals surface area (Å²) >= 11 is 5.77. The normalized spacial score (nSPS) is 9.83. The average molecular weight is 186 g/mol. The van der Waals surface area contributed by atoms with Crippen molar-refractivity contribution in [3.63, 3.8) is 0 Å². The Bertz CT molecular complexity index is 312. The summed E-state index contributed by atoms with van der Waals surface area (Å²) in [5, 5.41) is 10.6. The van der Waals surface area contributed by atoms with Crippen molar-refractivity contribution in [3.05, 3.63) is 44.5 Å². The first kappa shape index (κ1) is 9.00. The van der Waals surface area contributed by atoms with E-state index in [1.54, 1.807) is 12.1 Å². The van der Waals surface area contributed by atoms with E-state index in [2.05, 4.69) is 0 Å². The van der Waals surface area contributed by atoms with Crippen LogP contribution in [0.25, 0.3) is 0 Å². The predicted octanol–water partition coefficient (Wildman–Crippen LogP) is 2.43. The van der Waals surface area contributed by atoms with Crippen LogP contribution in [0.2, 0.25) is 5.02 Å². The molecule has 0 N–H and O–H groups in total. The van der Waals surface area contributed by atoms with Crippen molar-refractivity contribution < 1.29 is 4.92 Å². The summed E-state index contributed by atoms with van der Waals surface area (Å²) in [6.45, 7) is 1.68. The quantitative estimate of drug-likeness (QED) is 0.525. The van der Waals surface area contributed by atoms with Crippen molar-refractivity contribution >= 4 is 11.6 Å². The van der Waals surface area contributed by atoms with Crippen LogP contribution in [0.15, 0.2) is 18.2 Å². The number of halogens is 1. The fraction of sp³-hybridized carbons (Fsp3) is 0.250. The van der Waals surface area contributed by atoms with E-state index in [-0.39, 0.29) is 6.54 Å². The van der Waals surface area contributed by atoms with Gasteiger partial charge in [0.1, 0.15) is 0 Å². The molecule has 3 nitrogen and oxygen atoms in total. The SMILES string of the molecule is Cc1ccc(C[N+](=O)[O-])c(Cl)c1. The van der Waals surface area contributed by atoms with Crippen molar-refractivity contribution in [2.75, 3.05) is 0 Å². The van der Waals surface area contributed by atoms with E-state index in [1.165, 1.54) is 0 Å². The van der Waals surface area contributed by atoms with Crippen LogP contribution in [0.4, 0.5) is 0 Å². The fourth-order valence-corrected chi connectivity index (χ4v) is 1.21. The average Bonchev–Trinajstić information content (AvgIpc) is 1.94. The maximum absolute atomic E-state index is 10.2. The highest BCUT2D eigenvalue weighted by atomic mass is 35.5. The largest absolute Gasteiger partial charge is 0.264 e. The number of nitro groups is 1.